The lowest BCUT2D eigenvalue weighted by Crippen LogP contribution is -2.33. The van der Waals surface area contributed by atoms with Gasteiger partial charge in [-0.2, -0.15) is 0 Å². The van der Waals surface area contributed by atoms with Gasteiger partial charge in [-0.05, 0) is 31.0 Å². The quantitative estimate of drug-likeness (QED) is 0.790. The maximum absolute atomic E-state index is 12.0. The van der Waals surface area contributed by atoms with Crippen LogP contribution in [-0.4, -0.2) is 10.9 Å². The molecular formula is C13H18N2OS. The summed E-state index contributed by atoms with van der Waals surface area (Å²) in [6, 6.07) is 7.65. The van der Waals surface area contributed by atoms with Crippen molar-refractivity contribution in [1.82, 2.24) is 0 Å². The highest BCUT2D eigenvalue weighted by Gasteiger charge is 2.20. The first kappa shape index (κ1) is 13.6. The molecule has 3 N–H and O–H groups in total. The lowest BCUT2D eigenvalue weighted by Gasteiger charge is -2.14. The minimum atomic E-state index is -0.379. The van der Waals surface area contributed by atoms with Crippen LogP contribution in [-0.2, 0) is 4.79 Å². The van der Waals surface area contributed by atoms with E-state index in [9.17, 15) is 4.79 Å². The average molecular weight is 250 g/mol. The smallest absolute Gasteiger partial charge is 0.234 e. The summed E-state index contributed by atoms with van der Waals surface area (Å²) in [6.45, 7) is 3.98. The van der Waals surface area contributed by atoms with Gasteiger partial charge in [0.25, 0.3) is 0 Å². The third-order valence-electron chi connectivity index (χ3n) is 2.52. The first-order valence-corrected chi connectivity index (χ1v) is 6.12. The normalized spacial score (nSPS) is 11.9. The summed E-state index contributed by atoms with van der Waals surface area (Å²) in [5.41, 5.74) is 7.46. The molecule has 17 heavy (non-hydrogen) atoms. The van der Waals surface area contributed by atoms with E-state index < -0.39 is 0 Å². The van der Waals surface area contributed by atoms with Crippen molar-refractivity contribution in [2.24, 2.45) is 11.7 Å². The molecular weight excluding hydrogens is 232 g/mol. The van der Waals surface area contributed by atoms with Gasteiger partial charge in [0.2, 0.25) is 5.91 Å². The topological polar surface area (TPSA) is 55.1 Å². The second-order valence-corrected chi connectivity index (χ2v) is 4.57. The summed E-state index contributed by atoms with van der Waals surface area (Å²) < 4.78 is 0. The molecule has 0 saturated heterocycles. The van der Waals surface area contributed by atoms with Crippen molar-refractivity contribution >= 4 is 28.8 Å². The second kappa shape index (κ2) is 6.35. The second-order valence-electron chi connectivity index (χ2n) is 4.10. The monoisotopic (exact) mass is 250 g/mol. The fourth-order valence-electron chi connectivity index (χ4n) is 1.64. The number of aryl methyl sites for hydroxylation is 1. The largest absolute Gasteiger partial charge is 0.393 e. The highest BCUT2D eigenvalue weighted by molar-refractivity contribution is 7.80. The summed E-state index contributed by atoms with van der Waals surface area (Å²) in [7, 11) is 0. The molecule has 0 aliphatic rings. The van der Waals surface area contributed by atoms with Crippen LogP contribution in [0.25, 0.3) is 0 Å². The fourth-order valence-corrected chi connectivity index (χ4v) is 1.87. The number of benzene rings is 1. The third-order valence-corrected chi connectivity index (χ3v) is 2.81. The summed E-state index contributed by atoms with van der Waals surface area (Å²) in [5.74, 6) is -0.500. The van der Waals surface area contributed by atoms with Crippen LogP contribution in [0.4, 0.5) is 5.69 Å². The molecule has 0 aliphatic carbocycles. The molecule has 1 atom stereocenters. The van der Waals surface area contributed by atoms with E-state index in [1.54, 1.807) is 0 Å². The van der Waals surface area contributed by atoms with E-state index in [4.69, 9.17) is 18.0 Å². The number of amides is 1. The first-order valence-electron chi connectivity index (χ1n) is 5.71. The number of hydrogen-bond donors (Lipinski definition) is 2. The van der Waals surface area contributed by atoms with Crippen molar-refractivity contribution in [2.45, 2.75) is 26.7 Å². The number of carbonyl (C=O) groups excluding carboxylic acids is 1. The van der Waals surface area contributed by atoms with E-state index in [0.717, 1.165) is 17.7 Å². The van der Waals surface area contributed by atoms with Gasteiger partial charge in [0.05, 0.1) is 10.9 Å². The van der Waals surface area contributed by atoms with Crippen LogP contribution in [0.2, 0.25) is 0 Å². The predicted octanol–water partition coefficient (Wildman–Crippen LogP) is 2.64. The Labute approximate surface area is 107 Å². The summed E-state index contributed by atoms with van der Waals surface area (Å²) in [6.07, 6.45) is 1.57. The molecule has 1 amide bonds. The Balaban J connectivity index is 2.73. The van der Waals surface area contributed by atoms with Gasteiger partial charge in [0, 0.05) is 5.69 Å². The zero-order valence-electron chi connectivity index (χ0n) is 10.2. The molecule has 0 spiro atoms. The lowest BCUT2D eigenvalue weighted by molar-refractivity contribution is -0.118. The highest BCUT2D eigenvalue weighted by atomic mass is 32.1. The average Bonchev–Trinajstić information content (AvgIpc) is 2.25. The number of carbonyl (C=O) groups is 1. The lowest BCUT2D eigenvalue weighted by atomic mass is 10.0. The Kier molecular flexibility index (Phi) is 5.10. The Hall–Kier alpha value is -1.42. The Bertz CT molecular complexity index is 418. The summed E-state index contributed by atoms with van der Waals surface area (Å²) in [4.78, 5) is 12.2. The van der Waals surface area contributed by atoms with Crippen LogP contribution in [0.3, 0.4) is 0 Å². The van der Waals surface area contributed by atoms with Crippen LogP contribution in [0.1, 0.15) is 25.3 Å². The van der Waals surface area contributed by atoms with Crippen LogP contribution in [0.15, 0.2) is 24.3 Å². The number of rotatable bonds is 5. The molecule has 4 heteroatoms. The molecule has 0 aromatic heterocycles. The van der Waals surface area contributed by atoms with E-state index in [0.29, 0.717) is 6.42 Å². The maximum atomic E-state index is 12.0. The molecule has 0 saturated carbocycles. The van der Waals surface area contributed by atoms with Crippen LogP contribution < -0.4 is 11.1 Å². The van der Waals surface area contributed by atoms with Crippen molar-refractivity contribution in [3.63, 3.8) is 0 Å². The van der Waals surface area contributed by atoms with Gasteiger partial charge < -0.3 is 11.1 Å². The molecule has 3 nitrogen and oxygen atoms in total. The zero-order valence-corrected chi connectivity index (χ0v) is 11.0. The molecule has 0 aliphatic heterocycles. The Morgan fingerprint density at radius 2 is 2.24 bits per heavy atom. The standard InChI is InChI=1S/C13H18N2OS/c1-3-5-11(12(14)17)13(16)15-10-7-4-6-9(2)8-10/h4,6-8,11H,3,5H2,1-2H3,(H2,14,17)(H,15,16). The van der Waals surface area contributed by atoms with E-state index in [2.05, 4.69) is 5.32 Å². The molecule has 92 valence electrons. The first-order chi connectivity index (χ1) is 8.04. The molecule has 1 rings (SSSR count). The van der Waals surface area contributed by atoms with Gasteiger partial charge >= 0.3 is 0 Å². The molecule has 0 fully saturated rings. The van der Waals surface area contributed by atoms with Crippen LogP contribution in [0, 0.1) is 12.8 Å². The van der Waals surface area contributed by atoms with Gasteiger partial charge in [-0.15, -0.1) is 0 Å². The zero-order chi connectivity index (χ0) is 12.8. The number of hydrogen-bond acceptors (Lipinski definition) is 2. The van der Waals surface area contributed by atoms with E-state index >= 15 is 0 Å². The minimum Gasteiger partial charge on any atom is -0.393 e. The van der Waals surface area contributed by atoms with Gasteiger partial charge in [0.15, 0.2) is 0 Å². The molecule has 0 bridgehead atoms. The summed E-state index contributed by atoms with van der Waals surface area (Å²) >= 11 is 4.92. The molecule has 0 heterocycles. The van der Waals surface area contributed by atoms with E-state index in [1.807, 2.05) is 38.1 Å². The van der Waals surface area contributed by atoms with Gasteiger partial charge in [-0.1, -0.05) is 37.7 Å². The molecule has 1 aromatic carbocycles. The Morgan fingerprint density at radius 1 is 1.53 bits per heavy atom. The van der Waals surface area contributed by atoms with Crippen molar-refractivity contribution in [2.75, 3.05) is 5.32 Å². The van der Waals surface area contributed by atoms with E-state index in [-0.39, 0.29) is 16.8 Å². The van der Waals surface area contributed by atoms with Gasteiger partial charge in [-0.25, -0.2) is 0 Å². The number of anilines is 1. The minimum absolute atomic E-state index is 0.120. The van der Waals surface area contributed by atoms with Gasteiger partial charge in [-0.3, -0.25) is 4.79 Å². The Morgan fingerprint density at radius 3 is 2.76 bits per heavy atom. The molecule has 1 unspecified atom stereocenters. The van der Waals surface area contributed by atoms with Crippen LogP contribution >= 0.6 is 12.2 Å². The number of thiocarbonyl (C=S) groups is 1. The molecule has 1 aromatic rings. The fraction of sp³-hybridized carbons (Fsp3) is 0.385. The van der Waals surface area contributed by atoms with Crippen molar-refractivity contribution in [3.05, 3.63) is 29.8 Å². The van der Waals surface area contributed by atoms with Crippen molar-refractivity contribution in [3.8, 4) is 0 Å². The molecule has 0 radical (unpaired) electrons. The predicted molar refractivity (Wildman–Crippen MR) is 75.0 cm³/mol. The highest BCUT2D eigenvalue weighted by Crippen LogP contribution is 2.14. The SMILES string of the molecule is CCCC(C(=O)Nc1cccc(C)c1)C(N)=S. The summed E-state index contributed by atoms with van der Waals surface area (Å²) in [5, 5.41) is 2.84. The third kappa shape index (κ3) is 4.15. The van der Waals surface area contributed by atoms with E-state index in [1.165, 1.54) is 0 Å². The van der Waals surface area contributed by atoms with Crippen LogP contribution in [0.5, 0.6) is 0 Å². The number of nitrogens with two attached hydrogens (primary N) is 1. The van der Waals surface area contributed by atoms with Crippen molar-refractivity contribution < 1.29 is 4.79 Å². The maximum Gasteiger partial charge on any atom is 0.234 e. The van der Waals surface area contributed by atoms with Gasteiger partial charge in [0.1, 0.15) is 0 Å². The number of nitrogens with one attached hydrogen (secondary N) is 1. The van der Waals surface area contributed by atoms with Crippen molar-refractivity contribution in [1.29, 1.82) is 0 Å².